The van der Waals surface area contributed by atoms with Gasteiger partial charge in [-0.1, -0.05) is 56.6 Å². The molecule has 0 nitrogen and oxygen atoms in total. The number of rotatable bonds is 5. The summed E-state index contributed by atoms with van der Waals surface area (Å²) in [7, 11) is 0.256. The Balaban J connectivity index is 2.62. The van der Waals surface area contributed by atoms with E-state index in [1.165, 1.54) is 36.9 Å². The molecule has 1 heteroatoms. The predicted octanol–water partition coefficient (Wildman–Crippen LogP) is 2.97. The number of terminal acetylenes is 2. The van der Waals surface area contributed by atoms with E-state index in [-0.39, 0.29) is 15.0 Å². The molecule has 0 saturated heterocycles. The first-order valence-corrected chi connectivity index (χ1v) is 7.74. The zero-order chi connectivity index (χ0) is 12.5. The molecule has 0 heterocycles. The van der Waals surface area contributed by atoms with E-state index in [0.717, 1.165) is 5.57 Å². The minimum absolute atomic E-state index is 0.146. The van der Waals surface area contributed by atoms with Gasteiger partial charge in [0.15, 0.2) is 0 Å². The second-order valence-electron chi connectivity index (χ2n) is 4.26. The summed E-state index contributed by atoms with van der Waals surface area (Å²) in [4.78, 5) is 0. The number of hydrogen-bond donors (Lipinski definition) is 0. The van der Waals surface area contributed by atoms with Crippen LogP contribution in [0.2, 0.25) is 6.04 Å². The van der Waals surface area contributed by atoms with Crippen LogP contribution in [0.25, 0.3) is 0 Å². The van der Waals surface area contributed by atoms with Gasteiger partial charge in [-0.2, -0.15) is 0 Å². The first kappa shape index (κ1) is 13.8. The molecule has 1 atom stereocenters. The van der Waals surface area contributed by atoms with Gasteiger partial charge in [0.25, 0.3) is 0 Å². The van der Waals surface area contributed by atoms with Crippen molar-refractivity contribution in [2.45, 2.75) is 38.7 Å². The molecule has 88 valence electrons. The van der Waals surface area contributed by atoms with Gasteiger partial charge >= 0.3 is 0 Å². The summed E-state index contributed by atoms with van der Waals surface area (Å²) in [6.07, 6.45) is 22.4. The molecule has 0 aromatic rings. The fourth-order valence-corrected chi connectivity index (χ4v) is 3.64. The van der Waals surface area contributed by atoms with Crippen molar-refractivity contribution in [1.29, 1.82) is 0 Å². The quantitative estimate of drug-likeness (QED) is 0.394. The molecule has 0 amide bonds. The summed E-state index contributed by atoms with van der Waals surface area (Å²) in [6, 6.07) is 1.28. The molecule has 1 aliphatic carbocycles. The molecule has 1 rings (SSSR count). The van der Waals surface area contributed by atoms with Gasteiger partial charge in [0.1, 0.15) is 0 Å². The molecule has 0 aliphatic heterocycles. The van der Waals surface area contributed by atoms with Crippen LogP contribution < -0.4 is 0 Å². The highest BCUT2D eigenvalue weighted by Crippen LogP contribution is 2.14. The lowest BCUT2D eigenvalue weighted by Crippen LogP contribution is -2.19. The maximum absolute atomic E-state index is 5.56. The Morgan fingerprint density at radius 3 is 2.76 bits per heavy atom. The highest BCUT2D eigenvalue weighted by molar-refractivity contribution is 6.59. The molecule has 0 aromatic heterocycles. The maximum Gasteiger partial charge on any atom is 0.0599 e. The minimum atomic E-state index is 0.146. The van der Waals surface area contributed by atoms with Crippen molar-refractivity contribution in [3.63, 3.8) is 0 Å². The first-order valence-electron chi connectivity index (χ1n) is 6.35. The van der Waals surface area contributed by atoms with E-state index in [1.807, 2.05) is 12.2 Å². The Morgan fingerprint density at radius 1 is 1.29 bits per heavy atom. The third kappa shape index (κ3) is 4.21. The molecule has 0 saturated carbocycles. The van der Waals surface area contributed by atoms with Crippen molar-refractivity contribution in [3.05, 3.63) is 23.8 Å². The van der Waals surface area contributed by atoms with Crippen LogP contribution in [-0.2, 0) is 0 Å². The molecule has 0 spiro atoms. The van der Waals surface area contributed by atoms with Gasteiger partial charge < -0.3 is 0 Å². The Kier molecular flexibility index (Phi) is 6.37. The van der Waals surface area contributed by atoms with Gasteiger partial charge in [-0.25, -0.2) is 0 Å². The van der Waals surface area contributed by atoms with E-state index < -0.39 is 0 Å². The van der Waals surface area contributed by atoms with Crippen molar-refractivity contribution in [3.8, 4) is 24.7 Å². The van der Waals surface area contributed by atoms with E-state index in [0.29, 0.717) is 0 Å². The molecule has 1 unspecified atom stereocenters. The Labute approximate surface area is 108 Å². The third-order valence-electron chi connectivity index (χ3n) is 2.97. The molecule has 17 heavy (non-hydrogen) atoms. The highest BCUT2D eigenvalue weighted by Gasteiger charge is 2.13. The fourth-order valence-electron chi connectivity index (χ4n) is 1.97. The number of unbranched alkanes of at least 4 members (excludes halogenated alkanes) is 3. The summed E-state index contributed by atoms with van der Waals surface area (Å²) in [5.74, 6) is 5.75. The van der Waals surface area contributed by atoms with Gasteiger partial charge in [0.05, 0.1) is 5.92 Å². The van der Waals surface area contributed by atoms with Crippen LogP contribution in [0, 0.1) is 30.6 Å². The van der Waals surface area contributed by atoms with Gasteiger partial charge in [-0.05, 0) is 17.3 Å². The van der Waals surface area contributed by atoms with Crippen LogP contribution in [0.4, 0.5) is 0 Å². The second kappa shape index (κ2) is 7.88. The van der Waals surface area contributed by atoms with Crippen LogP contribution in [0.3, 0.4) is 0 Å². The van der Waals surface area contributed by atoms with Crippen molar-refractivity contribution < 1.29 is 0 Å². The molecule has 0 bridgehead atoms. The lowest BCUT2D eigenvalue weighted by atomic mass is 9.95. The van der Waals surface area contributed by atoms with E-state index in [2.05, 4.69) is 24.8 Å². The molecule has 0 aromatic carbocycles. The summed E-state index contributed by atoms with van der Waals surface area (Å²) < 4.78 is 0. The van der Waals surface area contributed by atoms with E-state index in [1.54, 1.807) is 0 Å². The summed E-state index contributed by atoms with van der Waals surface area (Å²) in [5, 5.41) is 1.34. The van der Waals surface area contributed by atoms with Crippen molar-refractivity contribution >= 4 is 14.3 Å². The average molecular weight is 240 g/mol. The topological polar surface area (TPSA) is 0 Å². The molecular formula is C16H20Si. The minimum Gasteiger partial charge on any atom is -0.119 e. The average Bonchev–Trinajstić information content (AvgIpc) is 2.38. The van der Waals surface area contributed by atoms with Gasteiger partial charge in [0, 0.05) is 14.7 Å². The SMILES string of the molecule is C#CC1=CC=CC(C#C)C1=[SiH]CCCCCC. The lowest BCUT2D eigenvalue weighted by molar-refractivity contribution is 0.701. The van der Waals surface area contributed by atoms with Gasteiger partial charge in [-0.15, -0.1) is 12.8 Å². The fraction of sp³-hybridized carbons (Fsp3) is 0.438. The lowest BCUT2D eigenvalue weighted by Gasteiger charge is -2.15. The Hall–Kier alpha value is -1.31. The standard InChI is InChI=1S/C16H20Si/c1-4-7-8-9-13-17-16-14(5-2)11-10-12-15(16)6-3/h2-3,10-12,14,17H,4,7-9,13H2,1H3. The molecule has 0 N–H and O–H groups in total. The molecule has 1 aliphatic rings. The first-order chi connectivity index (χ1) is 8.33. The molecule has 0 fully saturated rings. The predicted molar refractivity (Wildman–Crippen MR) is 79.5 cm³/mol. The van der Waals surface area contributed by atoms with Crippen LogP contribution in [0.15, 0.2) is 23.8 Å². The van der Waals surface area contributed by atoms with Gasteiger partial charge in [0.2, 0.25) is 0 Å². The maximum atomic E-state index is 5.56. The number of allylic oxidation sites excluding steroid dienone is 4. The van der Waals surface area contributed by atoms with Crippen molar-refractivity contribution in [2.24, 2.45) is 5.92 Å². The third-order valence-corrected chi connectivity index (χ3v) is 4.78. The smallest absolute Gasteiger partial charge is 0.0599 e. The number of hydrogen-bond acceptors (Lipinski definition) is 0. The second-order valence-corrected chi connectivity index (χ2v) is 5.87. The zero-order valence-electron chi connectivity index (χ0n) is 10.6. The summed E-state index contributed by atoms with van der Waals surface area (Å²) in [5.41, 5.74) is 1.03. The monoisotopic (exact) mass is 240 g/mol. The normalized spacial score (nSPS) is 20.8. The summed E-state index contributed by atoms with van der Waals surface area (Å²) in [6.45, 7) is 2.24. The van der Waals surface area contributed by atoms with Crippen molar-refractivity contribution in [2.75, 3.05) is 0 Å². The highest BCUT2D eigenvalue weighted by atomic mass is 28.2. The van der Waals surface area contributed by atoms with E-state index >= 15 is 0 Å². The summed E-state index contributed by atoms with van der Waals surface area (Å²) >= 11 is 0. The largest absolute Gasteiger partial charge is 0.119 e. The van der Waals surface area contributed by atoms with E-state index in [4.69, 9.17) is 12.8 Å². The Bertz CT molecular complexity index is 410. The zero-order valence-corrected chi connectivity index (χ0v) is 11.7. The molecular weight excluding hydrogens is 220 g/mol. The molecule has 0 radical (unpaired) electrons. The van der Waals surface area contributed by atoms with E-state index in [9.17, 15) is 0 Å². The van der Waals surface area contributed by atoms with Crippen molar-refractivity contribution in [1.82, 2.24) is 0 Å². The van der Waals surface area contributed by atoms with Crippen LogP contribution in [0.5, 0.6) is 0 Å². The van der Waals surface area contributed by atoms with Crippen LogP contribution in [0.1, 0.15) is 32.6 Å². The van der Waals surface area contributed by atoms with Gasteiger partial charge in [-0.3, -0.25) is 0 Å². The Morgan fingerprint density at radius 2 is 2.12 bits per heavy atom. The van der Waals surface area contributed by atoms with Crippen LogP contribution in [-0.4, -0.2) is 14.3 Å². The van der Waals surface area contributed by atoms with Crippen LogP contribution >= 0.6 is 0 Å².